The average molecular weight is 870 g/mol. The molecule has 16 nitrogen and oxygen atoms in total. The predicted molar refractivity (Wildman–Crippen MR) is 238 cm³/mol. The van der Waals surface area contributed by atoms with Crippen molar-refractivity contribution in [3.63, 3.8) is 0 Å². The van der Waals surface area contributed by atoms with Crippen molar-refractivity contribution in [1.29, 1.82) is 0 Å². The fraction of sp³-hybridized carbons (Fsp3) is 0.511. The molecule has 0 spiro atoms. The third-order valence-electron chi connectivity index (χ3n) is 11.4. The van der Waals surface area contributed by atoms with E-state index in [1.165, 1.54) is 4.90 Å². The summed E-state index contributed by atoms with van der Waals surface area (Å²) in [6.07, 6.45) is 1.28. The van der Waals surface area contributed by atoms with Gasteiger partial charge < -0.3 is 39.8 Å². The van der Waals surface area contributed by atoms with E-state index >= 15 is 0 Å². The number of aryl methyl sites for hydroxylation is 1. The summed E-state index contributed by atoms with van der Waals surface area (Å²) in [4.78, 5) is 61.6. The lowest BCUT2D eigenvalue weighted by Crippen LogP contribution is -2.58. The molecule has 0 saturated carbocycles. The van der Waals surface area contributed by atoms with E-state index in [-0.39, 0.29) is 44.7 Å². The fourth-order valence-electron chi connectivity index (χ4n) is 7.93. The number of aliphatic hydroxyl groups excluding tert-OH is 1. The Balaban J connectivity index is 0.765. The van der Waals surface area contributed by atoms with Crippen LogP contribution < -0.4 is 15.5 Å². The number of likely N-dealkylation sites (tertiary alicyclic amines) is 1. The smallest absolute Gasteiger partial charge is 0.246 e. The summed E-state index contributed by atoms with van der Waals surface area (Å²) >= 11 is 1.58. The highest BCUT2D eigenvalue weighted by Crippen LogP contribution is 2.30. The van der Waals surface area contributed by atoms with Crippen LogP contribution in [0.5, 0.6) is 0 Å². The van der Waals surface area contributed by atoms with E-state index in [1.54, 1.807) is 11.3 Å². The summed E-state index contributed by atoms with van der Waals surface area (Å²) in [5.74, 6) is 0.400. The van der Waals surface area contributed by atoms with Crippen molar-refractivity contribution in [2.24, 2.45) is 5.41 Å². The Kier molecular flexibility index (Phi) is 14.8. The monoisotopic (exact) mass is 869 g/mol. The fourth-order valence-corrected chi connectivity index (χ4v) is 8.74. The zero-order valence-corrected chi connectivity index (χ0v) is 37.1. The molecule has 2 aliphatic heterocycles. The summed E-state index contributed by atoms with van der Waals surface area (Å²) in [7, 11) is 0. The molecule has 332 valence electrons. The highest BCUT2D eigenvalue weighted by Gasteiger charge is 2.44. The van der Waals surface area contributed by atoms with Crippen LogP contribution in [0.4, 0.5) is 5.82 Å². The second-order valence-corrected chi connectivity index (χ2v) is 17.9. The number of aliphatic hydroxyl groups is 1. The Hall–Kier alpha value is -5.04. The highest BCUT2D eigenvalue weighted by molar-refractivity contribution is 7.13. The molecule has 5 heterocycles. The number of carbonyl (C=O) groups is 3. The van der Waals surface area contributed by atoms with Crippen molar-refractivity contribution in [3.05, 3.63) is 77.6 Å². The van der Waals surface area contributed by atoms with Gasteiger partial charge in [-0.25, -0.2) is 9.97 Å². The van der Waals surface area contributed by atoms with Crippen molar-refractivity contribution in [2.75, 3.05) is 83.8 Å². The number of hydrogen-bond acceptors (Lipinski definition) is 13. The topological polar surface area (TPSA) is 176 Å². The second-order valence-electron chi connectivity index (χ2n) is 17.0. The SMILES string of the molecule is Cc1ncsc1-c1ccc([C@H](C)NC(=O)[C@@H]2C[C@@H](O)CN2C(=O)C(NC(=O)COCCOCCOCCN2CCN(c3ccn4c(n3)nc3ccccc34)CC2)C(C)(C)C)cc1. The van der Waals surface area contributed by atoms with E-state index in [9.17, 15) is 19.5 Å². The summed E-state index contributed by atoms with van der Waals surface area (Å²) in [6, 6.07) is 15.9. The number of nitrogens with zero attached hydrogens (tertiary/aromatic N) is 7. The van der Waals surface area contributed by atoms with Gasteiger partial charge in [0.25, 0.3) is 0 Å². The van der Waals surface area contributed by atoms with Crippen molar-refractivity contribution in [1.82, 2.24) is 39.8 Å². The Morgan fingerprint density at radius 2 is 1.61 bits per heavy atom. The molecule has 2 aliphatic rings. The second kappa shape index (κ2) is 20.4. The number of ether oxygens (including phenoxy) is 3. The van der Waals surface area contributed by atoms with Crippen molar-refractivity contribution in [3.8, 4) is 10.4 Å². The number of fused-ring (bicyclic) bond motifs is 3. The first-order chi connectivity index (χ1) is 29.9. The summed E-state index contributed by atoms with van der Waals surface area (Å²) < 4.78 is 19.0. The van der Waals surface area contributed by atoms with Crippen LogP contribution in [0.1, 0.15) is 51.4 Å². The third-order valence-corrected chi connectivity index (χ3v) is 12.4. The molecule has 7 rings (SSSR count). The number of nitrogens with one attached hydrogen (secondary N) is 2. The molecule has 3 N–H and O–H groups in total. The van der Waals surface area contributed by atoms with Gasteiger partial charge in [-0.2, -0.15) is 4.98 Å². The van der Waals surface area contributed by atoms with Crippen LogP contribution in [0.3, 0.4) is 0 Å². The van der Waals surface area contributed by atoms with Gasteiger partial charge >= 0.3 is 0 Å². The molecule has 62 heavy (non-hydrogen) atoms. The largest absolute Gasteiger partial charge is 0.391 e. The van der Waals surface area contributed by atoms with Gasteiger partial charge in [-0.3, -0.25) is 23.7 Å². The number of hydrogen-bond donors (Lipinski definition) is 3. The van der Waals surface area contributed by atoms with Gasteiger partial charge in [0.2, 0.25) is 23.5 Å². The standard InChI is InChI=1S/C45H59N9O7S/c1-30(32-10-12-33(13-11-32)40-31(2)46-29-62-40)47-42(57)37-26-34(55)27-54(37)43(58)41(45(3,4)5)50-39(56)28-61-25-24-60-23-22-59-21-20-51-16-18-52(19-17-51)38-14-15-53-36-9-7-6-8-35(36)48-44(53)49-38/h6-15,29-30,34,37,41,55H,16-28H2,1-5H3,(H,47,57)(H,50,56)/t30-,34+,37-,41?/m0/s1. The number of benzene rings is 2. The normalized spacial score (nSPS) is 18.4. The van der Waals surface area contributed by atoms with Crippen molar-refractivity contribution >= 4 is 51.7 Å². The molecule has 5 aromatic rings. The van der Waals surface area contributed by atoms with Gasteiger partial charge in [-0.1, -0.05) is 57.2 Å². The number of piperazine rings is 1. The molecule has 2 aromatic carbocycles. The van der Waals surface area contributed by atoms with E-state index in [1.807, 2.05) is 93.2 Å². The first kappa shape index (κ1) is 45.0. The zero-order valence-electron chi connectivity index (χ0n) is 36.3. The van der Waals surface area contributed by atoms with Gasteiger partial charge in [-0.05, 0) is 48.6 Å². The summed E-state index contributed by atoms with van der Waals surface area (Å²) in [5, 5.41) is 16.4. The molecular weight excluding hydrogens is 811 g/mol. The predicted octanol–water partition coefficient (Wildman–Crippen LogP) is 3.86. The Labute approximate surface area is 366 Å². The van der Waals surface area contributed by atoms with Crippen LogP contribution >= 0.6 is 11.3 Å². The number of para-hydroxylation sites is 2. The number of amides is 3. The molecule has 17 heteroatoms. The van der Waals surface area contributed by atoms with Gasteiger partial charge in [0, 0.05) is 51.9 Å². The number of carbonyl (C=O) groups excluding carboxylic acids is 3. The van der Waals surface area contributed by atoms with Gasteiger partial charge in [0.15, 0.2) is 0 Å². The minimum absolute atomic E-state index is 0.00747. The van der Waals surface area contributed by atoms with Crippen LogP contribution in [0.2, 0.25) is 0 Å². The third kappa shape index (κ3) is 11.1. The molecule has 3 amide bonds. The van der Waals surface area contributed by atoms with Crippen LogP contribution in [0.15, 0.2) is 66.3 Å². The number of rotatable bonds is 18. The Bertz CT molecular complexity index is 2290. The van der Waals surface area contributed by atoms with E-state index in [0.29, 0.717) is 25.6 Å². The Morgan fingerprint density at radius 1 is 0.903 bits per heavy atom. The molecule has 1 unspecified atom stereocenters. The van der Waals surface area contributed by atoms with Gasteiger partial charge in [-0.15, -0.1) is 11.3 Å². The first-order valence-corrected chi connectivity index (χ1v) is 22.3. The van der Waals surface area contributed by atoms with E-state index in [0.717, 1.165) is 71.3 Å². The lowest BCUT2D eigenvalue weighted by atomic mass is 9.85. The summed E-state index contributed by atoms with van der Waals surface area (Å²) in [6.45, 7) is 15.5. The Morgan fingerprint density at radius 3 is 2.32 bits per heavy atom. The minimum Gasteiger partial charge on any atom is -0.391 e. The molecular formula is C45H59N9O7S. The lowest BCUT2D eigenvalue weighted by molar-refractivity contribution is -0.144. The number of aromatic nitrogens is 4. The van der Waals surface area contributed by atoms with E-state index in [2.05, 4.69) is 42.5 Å². The number of thiazole rings is 1. The molecule has 0 radical (unpaired) electrons. The van der Waals surface area contributed by atoms with Crippen LogP contribution in [0.25, 0.3) is 27.3 Å². The molecule has 0 aliphatic carbocycles. The molecule has 4 atom stereocenters. The minimum atomic E-state index is -0.951. The van der Waals surface area contributed by atoms with E-state index in [4.69, 9.17) is 19.2 Å². The number of imidazole rings is 1. The maximum atomic E-state index is 14.0. The molecule has 2 fully saturated rings. The van der Waals surface area contributed by atoms with E-state index < -0.39 is 35.4 Å². The summed E-state index contributed by atoms with van der Waals surface area (Å²) in [5.41, 5.74) is 6.06. The van der Waals surface area contributed by atoms with Crippen LogP contribution in [0, 0.1) is 12.3 Å². The molecule has 3 aromatic heterocycles. The molecule has 2 saturated heterocycles. The zero-order chi connectivity index (χ0) is 43.8. The number of anilines is 1. The van der Waals surface area contributed by atoms with Crippen LogP contribution in [-0.4, -0.2) is 149 Å². The quantitative estimate of drug-likeness (QED) is 0.109. The maximum Gasteiger partial charge on any atom is 0.246 e. The molecule has 0 bridgehead atoms. The van der Waals surface area contributed by atoms with Crippen molar-refractivity contribution < 1.29 is 33.7 Å². The first-order valence-electron chi connectivity index (χ1n) is 21.4. The average Bonchev–Trinajstić information content (AvgIpc) is 3.99. The van der Waals surface area contributed by atoms with Gasteiger partial charge in [0.05, 0.1) is 72.3 Å². The highest BCUT2D eigenvalue weighted by atomic mass is 32.1. The number of β-amino-alcohol motifs (C(OH)–C–C–N with tert-alkyl or cyclic N) is 1. The maximum absolute atomic E-state index is 14.0. The van der Waals surface area contributed by atoms with Crippen LogP contribution in [-0.2, 0) is 28.6 Å². The van der Waals surface area contributed by atoms with Crippen molar-refractivity contribution in [2.45, 2.75) is 65.3 Å². The van der Waals surface area contributed by atoms with Gasteiger partial charge in [0.1, 0.15) is 24.5 Å². The lowest BCUT2D eigenvalue weighted by Gasteiger charge is -2.35.